The molecular weight excluding hydrogens is 344 g/mol. The molecule has 0 radical (unpaired) electrons. The zero-order valence-corrected chi connectivity index (χ0v) is 18.3. The Bertz CT molecular complexity index is 208. The van der Waals surface area contributed by atoms with Gasteiger partial charge in [0.2, 0.25) is 0 Å². The van der Waals surface area contributed by atoms with Gasteiger partial charge in [-0.25, -0.2) is 5.90 Å². The van der Waals surface area contributed by atoms with Crippen molar-refractivity contribution in [3.8, 4) is 0 Å². The molecule has 0 bridgehead atoms. The molecule has 0 aliphatic carbocycles. The van der Waals surface area contributed by atoms with Gasteiger partial charge in [-0.2, -0.15) is 0 Å². The highest BCUT2D eigenvalue weighted by molar-refractivity contribution is 5.85. The van der Waals surface area contributed by atoms with E-state index in [9.17, 15) is 0 Å². The summed E-state index contributed by atoms with van der Waals surface area (Å²) in [5.74, 6) is 5.01. The number of unbranched alkanes of at least 4 members (excludes halogenated alkanes) is 19. The molecule has 0 fully saturated rings. The first kappa shape index (κ1) is 28.4. The van der Waals surface area contributed by atoms with Crippen LogP contribution < -0.4 is 11.6 Å². The third kappa shape index (κ3) is 26.4. The molecule has 0 aliphatic heterocycles. The maximum Gasteiger partial charge on any atom is 0.0679 e. The Hall–Kier alpha value is 0.170. The Morgan fingerprint density at radius 1 is 0.385 bits per heavy atom. The summed E-state index contributed by atoms with van der Waals surface area (Å²) < 4.78 is 0. The van der Waals surface area contributed by atoms with Crippen molar-refractivity contribution in [1.82, 2.24) is 0 Å². The Morgan fingerprint density at radius 2 is 0.615 bits per heavy atom. The molecule has 0 spiro atoms. The minimum atomic E-state index is 0. The minimum Gasteiger partial charge on any atom is -0.330 e. The fourth-order valence-electron chi connectivity index (χ4n) is 3.51. The predicted molar refractivity (Wildman–Crippen MR) is 119 cm³/mol. The van der Waals surface area contributed by atoms with E-state index in [1.807, 2.05) is 0 Å². The van der Waals surface area contributed by atoms with Crippen LogP contribution in [0.15, 0.2) is 0 Å². The molecule has 0 atom stereocenters. The lowest BCUT2D eigenvalue weighted by molar-refractivity contribution is 0.133. The molecule has 0 saturated carbocycles. The molecular formula is C22H49ClN2O. The first-order valence-electron chi connectivity index (χ1n) is 11.4. The lowest BCUT2D eigenvalue weighted by Crippen LogP contribution is -2.00. The van der Waals surface area contributed by atoms with E-state index < -0.39 is 0 Å². The highest BCUT2D eigenvalue weighted by Crippen LogP contribution is 2.14. The van der Waals surface area contributed by atoms with Crippen molar-refractivity contribution in [2.75, 3.05) is 13.2 Å². The summed E-state index contributed by atoms with van der Waals surface area (Å²) in [5, 5.41) is 0. The van der Waals surface area contributed by atoms with E-state index in [0.717, 1.165) is 19.6 Å². The van der Waals surface area contributed by atoms with E-state index in [1.54, 1.807) is 0 Å². The summed E-state index contributed by atoms with van der Waals surface area (Å²) in [4.78, 5) is 4.58. The monoisotopic (exact) mass is 392 g/mol. The Labute approximate surface area is 170 Å². The van der Waals surface area contributed by atoms with Crippen molar-refractivity contribution in [3.05, 3.63) is 0 Å². The summed E-state index contributed by atoms with van der Waals surface area (Å²) in [6.07, 6.45) is 27.8. The molecule has 0 aliphatic rings. The lowest BCUT2D eigenvalue weighted by Gasteiger charge is -2.04. The van der Waals surface area contributed by atoms with E-state index in [-0.39, 0.29) is 12.4 Å². The van der Waals surface area contributed by atoms with E-state index >= 15 is 0 Å². The summed E-state index contributed by atoms with van der Waals surface area (Å²) in [6, 6.07) is 0. The molecule has 0 aromatic rings. The highest BCUT2D eigenvalue weighted by atomic mass is 35.5. The van der Waals surface area contributed by atoms with Crippen molar-refractivity contribution in [1.29, 1.82) is 0 Å². The number of halogens is 1. The molecule has 0 amide bonds. The van der Waals surface area contributed by atoms with Gasteiger partial charge in [-0.3, -0.25) is 0 Å². The molecule has 4 heteroatoms. The van der Waals surface area contributed by atoms with E-state index in [1.165, 1.54) is 122 Å². The number of hydrogen-bond acceptors (Lipinski definition) is 3. The van der Waals surface area contributed by atoms with Gasteiger partial charge >= 0.3 is 0 Å². The van der Waals surface area contributed by atoms with Crippen LogP contribution in [0.3, 0.4) is 0 Å². The van der Waals surface area contributed by atoms with Gasteiger partial charge in [0.25, 0.3) is 0 Å². The van der Waals surface area contributed by atoms with Gasteiger partial charge in [0.05, 0.1) is 6.61 Å². The zero-order valence-electron chi connectivity index (χ0n) is 17.5. The molecule has 0 heterocycles. The Balaban J connectivity index is 0. The van der Waals surface area contributed by atoms with E-state index in [4.69, 9.17) is 11.6 Å². The standard InChI is InChI=1S/C22H48N2O.ClH/c23-21-19-17-15-13-11-9-7-5-3-1-2-4-6-8-10-12-14-16-18-20-22-25-24;/h1-24H2;1H. The van der Waals surface area contributed by atoms with Crippen LogP contribution in [0.1, 0.15) is 128 Å². The van der Waals surface area contributed by atoms with Crippen molar-refractivity contribution in [2.24, 2.45) is 11.6 Å². The molecule has 0 rings (SSSR count). The van der Waals surface area contributed by atoms with Crippen LogP contribution >= 0.6 is 12.4 Å². The molecule has 0 aromatic carbocycles. The fourth-order valence-corrected chi connectivity index (χ4v) is 3.51. The van der Waals surface area contributed by atoms with Crippen molar-refractivity contribution in [2.45, 2.75) is 128 Å². The van der Waals surface area contributed by atoms with Gasteiger partial charge in [0, 0.05) is 0 Å². The highest BCUT2D eigenvalue weighted by Gasteiger charge is 1.95. The van der Waals surface area contributed by atoms with E-state index in [2.05, 4.69) is 4.84 Å². The normalized spacial score (nSPS) is 10.8. The first-order chi connectivity index (χ1) is 12.4. The van der Waals surface area contributed by atoms with Crippen LogP contribution in [0.25, 0.3) is 0 Å². The van der Waals surface area contributed by atoms with Gasteiger partial charge < -0.3 is 10.6 Å². The number of hydrogen-bond donors (Lipinski definition) is 2. The summed E-state index contributed by atoms with van der Waals surface area (Å²) >= 11 is 0. The van der Waals surface area contributed by atoms with Gasteiger partial charge in [0.1, 0.15) is 0 Å². The molecule has 26 heavy (non-hydrogen) atoms. The van der Waals surface area contributed by atoms with Crippen LogP contribution in [0.2, 0.25) is 0 Å². The summed E-state index contributed by atoms with van der Waals surface area (Å²) in [5.41, 5.74) is 5.51. The van der Waals surface area contributed by atoms with Crippen molar-refractivity contribution >= 4 is 12.4 Å². The third-order valence-electron chi connectivity index (χ3n) is 5.22. The lowest BCUT2D eigenvalue weighted by atomic mass is 10.0. The number of nitrogens with two attached hydrogens (primary N) is 2. The van der Waals surface area contributed by atoms with Crippen molar-refractivity contribution in [3.63, 3.8) is 0 Å². The topological polar surface area (TPSA) is 61.3 Å². The van der Waals surface area contributed by atoms with E-state index in [0.29, 0.717) is 0 Å². The average Bonchev–Trinajstić information content (AvgIpc) is 2.63. The molecule has 0 unspecified atom stereocenters. The maximum atomic E-state index is 5.51. The predicted octanol–water partition coefficient (Wildman–Crippen LogP) is 7.06. The van der Waals surface area contributed by atoms with Gasteiger partial charge in [-0.1, -0.05) is 116 Å². The minimum absolute atomic E-state index is 0. The fraction of sp³-hybridized carbons (Fsp3) is 1.00. The summed E-state index contributed by atoms with van der Waals surface area (Å²) in [6.45, 7) is 1.58. The second-order valence-corrected chi connectivity index (χ2v) is 7.73. The van der Waals surface area contributed by atoms with Crippen LogP contribution in [-0.2, 0) is 4.84 Å². The largest absolute Gasteiger partial charge is 0.330 e. The molecule has 3 nitrogen and oxygen atoms in total. The Morgan fingerprint density at radius 3 is 0.846 bits per heavy atom. The third-order valence-corrected chi connectivity index (χ3v) is 5.22. The van der Waals surface area contributed by atoms with Crippen LogP contribution in [0.4, 0.5) is 0 Å². The molecule has 160 valence electrons. The summed E-state index contributed by atoms with van der Waals surface area (Å²) in [7, 11) is 0. The first-order valence-corrected chi connectivity index (χ1v) is 11.4. The second kappa shape index (κ2) is 27.4. The van der Waals surface area contributed by atoms with Gasteiger partial charge in [-0.15, -0.1) is 12.4 Å². The van der Waals surface area contributed by atoms with Crippen LogP contribution in [0, 0.1) is 0 Å². The Kier molecular flexibility index (Phi) is 29.9. The van der Waals surface area contributed by atoms with Gasteiger partial charge in [0.15, 0.2) is 0 Å². The molecule has 4 N–H and O–H groups in total. The van der Waals surface area contributed by atoms with Crippen LogP contribution in [0.5, 0.6) is 0 Å². The zero-order chi connectivity index (χ0) is 18.3. The van der Waals surface area contributed by atoms with Crippen LogP contribution in [-0.4, -0.2) is 13.2 Å². The van der Waals surface area contributed by atoms with Crippen molar-refractivity contribution < 1.29 is 4.84 Å². The molecule has 0 aromatic heterocycles. The smallest absolute Gasteiger partial charge is 0.0679 e. The second-order valence-electron chi connectivity index (χ2n) is 7.73. The molecule has 0 saturated heterocycles. The average molecular weight is 393 g/mol. The number of rotatable bonds is 22. The SMILES string of the molecule is Cl.NCCCCCCCCCCCCCCCCCCCCCCON. The maximum absolute atomic E-state index is 5.51. The van der Waals surface area contributed by atoms with Gasteiger partial charge in [-0.05, 0) is 19.4 Å². The quantitative estimate of drug-likeness (QED) is 0.153.